The average Bonchev–Trinajstić information content (AvgIpc) is 2.69. The second-order valence-corrected chi connectivity index (χ2v) is 7.49. The van der Waals surface area contributed by atoms with Crippen molar-refractivity contribution in [2.45, 2.75) is 19.4 Å². The van der Waals surface area contributed by atoms with Gasteiger partial charge in [0.15, 0.2) is 0 Å². The van der Waals surface area contributed by atoms with Crippen LogP contribution in [0.4, 0.5) is 0 Å². The van der Waals surface area contributed by atoms with Gasteiger partial charge in [-0.1, -0.05) is 54.1 Å². The van der Waals surface area contributed by atoms with E-state index in [0.29, 0.717) is 31.1 Å². The maximum absolute atomic E-state index is 12.4. The summed E-state index contributed by atoms with van der Waals surface area (Å²) in [5, 5.41) is 3.51. The van der Waals surface area contributed by atoms with Gasteiger partial charge < -0.3 is 10.2 Å². The van der Waals surface area contributed by atoms with Crippen LogP contribution in [0, 0.1) is 0 Å². The van der Waals surface area contributed by atoms with Gasteiger partial charge in [0.05, 0.1) is 0 Å². The Balaban J connectivity index is 1.35. The van der Waals surface area contributed by atoms with Gasteiger partial charge in [-0.05, 0) is 29.7 Å². The molecule has 0 unspecified atom stereocenters. The van der Waals surface area contributed by atoms with Gasteiger partial charge >= 0.3 is 0 Å². The average molecular weight is 400 g/mol. The Morgan fingerprint density at radius 1 is 0.929 bits per heavy atom. The van der Waals surface area contributed by atoms with Crippen LogP contribution in [-0.4, -0.2) is 54.3 Å². The summed E-state index contributed by atoms with van der Waals surface area (Å²) >= 11 is 5.96. The highest BCUT2D eigenvalue weighted by atomic mass is 35.5. The van der Waals surface area contributed by atoms with E-state index in [9.17, 15) is 9.59 Å². The van der Waals surface area contributed by atoms with Crippen molar-refractivity contribution >= 4 is 23.4 Å². The summed E-state index contributed by atoms with van der Waals surface area (Å²) in [6.45, 7) is 4.39. The van der Waals surface area contributed by atoms with Crippen molar-refractivity contribution < 1.29 is 9.59 Å². The highest BCUT2D eigenvalue weighted by Gasteiger charge is 2.22. The SMILES string of the molecule is O=C(CC(=O)N1CCN(Cc2ccccc2)CC1)NCCc1cccc(Cl)c1. The Kier molecular flexibility index (Phi) is 7.46. The lowest BCUT2D eigenvalue weighted by atomic mass is 10.1. The molecule has 148 valence electrons. The minimum absolute atomic E-state index is 0.0891. The van der Waals surface area contributed by atoms with Gasteiger partial charge in [0.25, 0.3) is 0 Å². The van der Waals surface area contributed by atoms with E-state index in [1.807, 2.05) is 42.5 Å². The standard InChI is InChI=1S/C22H26ClN3O2/c23-20-8-4-7-18(15-20)9-10-24-21(27)16-22(28)26-13-11-25(12-14-26)17-19-5-2-1-3-6-19/h1-8,15H,9-14,16-17H2,(H,24,27). The molecule has 1 fully saturated rings. The number of benzene rings is 2. The van der Waals surface area contributed by atoms with Gasteiger partial charge in [0.2, 0.25) is 11.8 Å². The number of nitrogens with zero attached hydrogens (tertiary/aromatic N) is 2. The third-order valence-corrected chi connectivity index (χ3v) is 5.15. The van der Waals surface area contributed by atoms with Crippen LogP contribution in [0.5, 0.6) is 0 Å². The first-order valence-electron chi connectivity index (χ1n) is 9.65. The van der Waals surface area contributed by atoms with Gasteiger partial charge in [-0.2, -0.15) is 0 Å². The van der Waals surface area contributed by atoms with E-state index in [0.717, 1.165) is 25.2 Å². The molecular formula is C22H26ClN3O2. The maximum Gasteiger partial charge on any atom is 0.232 e. The Hall–Kier alpha value is -2.37. The fourth-order valence-corrected chi connectivity index (χ4v) is 3.56. The van der Waals surface area contributed by atoms with Crippen molar-refractivity contribution in [2.75, 3.05) is 32.7 Å². The van der Waals surface area contributed by atoms with Crippen LogP contribution in [0.15, 0.2) is 54.6 Å². The summed E-state index contributed by atoms with van der Waals surface area (Å²) in [6, 6.07) is 17.9. The summed E-state index contributed by atoms with van der Waals surface area (Å²) in [6.07, 6.45) is 0.604. The monoisotopic (exact) mass is 399 g/mol. The summed E-state index contributed by atoms with van der Waals surface area (Å²) in [7, 11) is 0. The van der Waals surface area contributed by atoms with Crippen molar-refractivity contribution in [1.82, 2.24) is 15.1 Å². The molecule has 2 amide bonds. The summed E-state index contributed by atoms with van der Waals surface area (Å²) < 4.78 is 0. The van der Waals surface area contributed by atoms with E-state index in [1.54, 1.807) is 4.90 Å². The van der Waals surface area contributed by atoms with Gasteiger partial charge in [-0.15, -0.1) is 0 Å². The molecule has 6 heteroatoms. The van der Waals surface area contributed by atoms with Gasteiger partial charge in [0, 0.05) is 44.3 Å². The van der Waals surface area contributed by atoms with Crippen LogP contribution in [0.3, 0.4) is 0 Å². The van der Waals surface area contributed by atoms with Crippen molar-refractivity contribution in [3.8, 4) is 0 Å². The number of nitrogens with one attached hydrogen (secondary N) is 1. The summed E-state index contributed by atoms with van der Waals surface area (Å²) in [4.78, 5) is 28.6. The lowest BCUT2D eigenvalue weighted by molar-refractivity contribution is -0.137. The molecule has 2 aromatic carbocycles. The highest BCUT2D eigenvalue weighted by molar-refractivity contribution is 6.30. The van der Waals surface area contributed by atoms with Crippen molar-refractivity contribution in [2.24, 2.45) is 0 Å². The van der Waals surface area contributed by atoms with Crippen LogP contribution in [0.1, 0.15) is 17.5 Å². The van der Waals surface area contributed by atoms with Crippen molar-refractivity contribution in [3.05, 3.63) is 70.7 Å². The number of amides is 2. The molecule has 1 saturated heterocycles. The second-order valence-electron chi connectivity index (χ2n) is 7.05. The van der Waals surface area contributed by atoms with Crippen LogP contribution in [0.2, 0.25) is 5.02 Å². The number of carbonyl (C=O) groups is 2. The van der Waals surface area contributed by atoms with Crippen LogP contribution < -0.4 is 5.32 Å². The molecule has 0 aliphatic carbocycles. The Bertz CT molecular complexity index is 789. The zero-order chi connectivity index (χ0) is 19.8. The minimum atomic E-state index is -0.223. The van der Waals surface area contributed by atoms with Gasteiger partial charge in [-0.3, -0.25) is 14.5 Å². The Morgan fingerprint density at radius 3 is 2.36 bits per heavy atom. The van der Waals surface area contributed by atoms with Gasteiger partial charge in [0.1, 0.15) is 6.42 Å². The highest BCUT2D eigenvalue weighted by Crippen LogP contribution is 2.11. The molecule has 1 N–H and O–H groups in total. The van der Waals surface area contributed by atoms with E-state index in [2.05, 4.69) is 22.3 Å². The smallest absolute Gasteiger partial charge is 0.232 e. The lowest BCUT2D eigenvalue weighted by Crippen LogP contribution is -2.49. The minimum Gasteiger partial charge on any atom is -0.355 e. The molecule has 2 aromatic rings. The molecule has 0 atom stereocenters. The number of carbonyl (C=O) groups excluding carboxylic acids is 2. The van der Waals surface area contributed by atoms with Crippen LogP contribution >= 0.6 is 11.6 Å². The molecule has 1 heterocycles. The fourth-order valence-electron chi connectivity index (χ4n) is 3.35. The Morgan fingerprint density at radius 2 is 1.64 bits per heavy atom. The topological polar surface area (TPSA) is 52.7 Å². The molecular weight excluding hydrogens is 374 g/mol. The fraction of sp³-hybridized carbons (Fsp3) is 0.364. The lowest BCUT2D eigenvalue weighted by Gasteiger charge is -2.34. The molecule has 0 spiro atoms. The summed E-state index contributed by atoms with van der Waals surface area (Å²) in [5.74, 6) is -0.321. The van der Waals surface area contributed by atoms with Crippen molar-refractivity contribution in [3.63, 3.8) is 0 Å². The maximum atomic E-state index is 12.4. The van der Waals surface area contributed by atoms with Gasteiger partial charge in [-0.25, -0.2) is 0 Å². The summed E-state index contributed by atoms with van der Waals surface area (Å²) in [5.41, 5.74) is 2.34. The largest absolute Gasteiger partial charge is 0.355 e. The first-order chi connectivity index (χ1) is 13.6. The molecule has 0 saturated carbocycles. The zero-order valence-corrected chi connectivity index (χ0v) is 16.7. The number of hydrogen-bond donors (Lipinski definition) is 1. The molecule has 1 aliphatic heterocycles. The molecule has 3 rings (SSSR count). The second kappa shape index (κ2) is 10.2. The molecule has 5 nitrogen and oxygen atoms in total. The van der Waals surface area contributed by atoms with E-state index < -0.39 is 0 Å². The first-order valence-corrected chi connectivity index (χ1v) is 10.0. The van der Waals surface area contributed by atoms with E-state index in [4.69, 9.17) is 11.6 Å². The van der Waals surface area contributed by atoms with Crippen LogP contribution in [0.25, 0.3) is 0 Å². The first kappa shape index (κ1) is 20.4. The van der Waals surface area contributed by atoms with E-state index >= 15 is 0 Å². The number of rotatable bonds is 7. The normalized spacial score (nSPS) is 14.7. The molecule has 28 heavy (non-hydrogen) atoms. The third kappa shape index (κ3) is 6.36. The number of piperazine rings is 1. The number of halogens is 1. The van der Waals surface area contributed by atoms with E-state index in [1.165, 1.54) is 5.56 Å². The molecule has 0 aromatic heterocycles. The predicted molar refractivity (Wildman–Crippen MR) is 111 cm³/mol. The predicted octanol–water partition coefficient (Wildman–Crippen LogP) is 2.73. The quantitative estimate of drug-likeness (QED) is 0.728. The van der Waals surface area contributed by atoms with Crippen molar-refractivity contribution in [1.29, 1.82) is 0 Å². The third-order valence-electron chi connectivity index (χ3n) is 4.91. The van der Waals surface area contributed by atoms with E-state index in [-0.39, 0.29) is 18.2 Å². The zero-order valence-electron chi connectivity index (χ0n) is 15.9. The Labute approximate surface area is 171 Å². The molecule has 0 radical (unpaired) electrons. The number of hydrogen-bond acceptors (Lipinski definition) is 3. The molecule has 0 bridgehead atoms. The van der Waals surface area contributed by atoms with Crippen LogP contribution in [-0.2, 0) is 22.6 Å². The molecule has 1 aliphatic rings.